The lowest BCUT2D eigenvalue weighted by Gasteiger charge is -2.17. The first-order valence-corrected chi connectivity index (χ1v) is 11.0. The van der Waals surface area contributed by atoms with Crippen molar-refractivity contribution < 1.29 is 17.9 Å². The number of ether oxygens (including phenoxy) is 1. The molecule has 1 fully saturated rings. The van der Waals surface area contributed by atoms with E-state index in [4.69, 9.17) is 5.41 Å². The van der Waals surface area contributed by atoms with Gasteiger partial charge in [-0.1, -0.05) is 12.1 Å². The van der Waals surface area contributed by atoms with Crippen LogP contribution in [-0.4, -0.2) is 48.2 Å². The minimum Gasteiger partial charge on any atom is -0.406 e. The largest absolute Gasteiger partial charge is 0.573 e. The monoisotopic (exact) mass is 470 g/mol. The van der Waals surface area contributed by atoms with Gasteiger partial charge in [0.15, 0.2) is 0 Å². The molecule has 0 radical (unpaired) electrons. The van der Waals surface area contributed by atoms with Gasteiger partial charge in [-0.3, -0.25) is 9.36 Å². The van der Waals surface area contributed by atoms with E-state index in [1.165, 1.54) is 54.0 Å². The van der Waals surface area contributed by atoms with Gasteiger partial charge in [-0.2, -0.15) is 0 Å². The fourth-order valence-corrected chi connectivity index (χ4v) is 4.06. The number of alkyl halides is 3. The molecule has 1 saturated heterocycles. The zero-order valence-electron chi connectivity index (χ0n) is 18.4. The first-order valence-electron chi connectivity index (χ1n) is 11.0. The molecule has 0 aliphatic carbocycles. The summed E-state index contributed by atoms with van der Waals surface area (Å²) in [4.78, 5) is 15.2. The van der Waals surface area contributed by atoms with Gasteiger partial charge < -0.3 is 20.4 Å². The molecule has 3 aromatic rings. The van der Waals surface area contributed by atoms with E-state index in [1.54, 1.807) is 18.3 Å². The lowest BCUT2D eigenvalue weighted by molar-refractivity contribution is -0.274. The maximum Gasteiger partial charge on any atom is 0.573 e. The van der Waals surface area contributed by atoms with Crippen molar-refractivity contribution in [1.29, 1.82) is 5.41 Å². The Hall–Kier alpha value is -3.59. The number of nitrogens with one attached hydrogen (secondary N) is 2. The maximum absolute atomic E-state index is 12.8. The summed E-state index contributed by atoms with van der Waals surface area (Å²) in [5, 5.41) is 11.1. The van der Waals surface area contributed by atoms with E-state index in [0.29, 0.717) is 22.4 Å². The highest BCUT2D eigenvalue weighted by molar-refractivity contribution is 5.86. The molecule has 0 bridgehead atoms. The number of pyridine rings is 1. The highest BCUT2D eigenvalue weighted by atomic mass is 19.4. The fourth-order valence-electron chi connectivity index (χ4n) is 4.06. The van der Waals surface area contributed by atoms with Crippen LogP contribution in [0.1, 0.15) is 18.4 Å². The van der Waals surface area contributed by atoms with Crippen LogP contribution in [0.4, 0.5) is 18.9 Å². The van der Waals surface area contributed by atoms with Crippen LogP contribution in [0, 0.1) is 5.41 Å². The number of anilines is 1. The lowest BCUT2D eigenvalue weighted by Crippen LogP contribution is -2.26. The molecule has 1 aliphatic rings. The summed E-state index contributed by atoms with van der Waals surface area (Å²) in [6.45, 7) is 3.98. The van der Waals surface area contributed by atoms with E-state index >= 15 is 0 Å². The van der Waals surface area contributed by atoms with Crippen molar-refractivity contribution >= 4 is 11.9 Å². The predicted octanol–water partition coefficient (Wildman–Crippen LogP) is 4.91. The van der Waals surface area contributed by atoms with Crippen molar-refractivity contribution in [1.82, 2.24) is 9.47 Å². The summed E-state index contributed by atoms with van der Waals surface area (Å²) in [6, 6.07) is 13.9. The SMILES string of the molecule is N=Cc1cc(-n2ccc(-c3ccc(OC(F)(F)F)cc3)cc2=O)ccc1NCCN1CCCC1. The molecule has 0 unspecified atom stereocenters. The van der Waals surface area contributed by atoms with Crippen LogP contribution in [0.15, 0.2) is 65.6 Å². The summed E-state index contributed by atoms with van der Waals surface area (Å²) in [6.07, 6.45) is 0.598. The van der Waals surface area contributed by atoms with Gasteiger partial charge in [0.2, 0.25) is 0 Å². The van der Waals surface area contributed by atoms with E-state index < -0.39 is 6.36 Å². The van der Waals surface area contributed by atoms with E-state index in [0.717, 1.165) is 31.9 Å². The second-order valence-corrected chi connectivity index (χ2v) is 8.09. The smallest absolute Gasteiger partial charge is 0.406 e. The van der Waals surface area contributed by atoms with Gasteiger partial charge in [0.05, 0.1) is 0 Å². The Labute approximate surface area is 195 Å². The standard InChI is InChI=1S/C25H25F3N4O2/c26-25(27,28)34-22-6-3-18(4-7-22)19-9-13-32(24(33)16-19)21-5-8-23(20(15-21)17-29)30-10-14-31-11-1-2-12-31/h3-9,13,15-17,29-30H,1-2,10-12,14H2. The second kappa shape index (κ2) is 10.1. The second-order valence-electron chi connectivity index (χ2n) is 8.09. The third-order valence-electron chi connectivity index (χ3n) is 5.75. The van der Waals surface area contributed by atoms with Crippen molar-refractivity contribution in [2.24, 2.45) is 0 Å². The van der Waals surface area contributed by atoms with Crippen molar-refractivity contribution in [3.63, 3.8) is 0 Å². The van der Waals surface area contributed by atoms with Crippen LogP contribution in [0.2, 0.25) is 0 Å². The number of aromatic nitrogens is 1. The van der Waals surface area contributed by atoms with Crippen molar-refractivity contribution in [3.05, 3.63) is 76.7 Å². The Bertz CT molecular complexity index is 1200. The minimum atomic E-state index is -4.75. The van der Waals surface area contributed by atoms with Crippen LogP contribution < -0.4 is 15.6 Å². The normalized spacial score (nSPS) is 14.2. The Balaban J connectivity index is 1.48. The Morgan fingerprint density at radius 2 is 1.74 bits per heavy atom. The molecule has 0 saturated carbocycles. The molecule has 2 heterocycles. The van der Waals surface area contributed by atoms with Crippen LogP contribution in [0.5, 0.6) is 5.75 Å². The molecule has 34 heavy (non-hydrogen) atoms. The molecule has 6 nitrogen and oxygen atoms in total. The molecule has 0 spiro atoms. The van der Waals surface area contributed by atoms with Crippen LogP contribution in [-0.2, 0) is 0 Å². The van der Waals surface area contributed by atoms with Crippen LogP contribution in [0.25, 0.3) is 16.8 Å². The Morgan fingerprint density at radius 3 is 2.38 bits per heavy atom. The summed E-state index contributed by atoms with van der Waals surface area (Å²) >= 11 is 0. The van der Waals surface area contributed by atoms with Gasteiger partial charge in [-0.25, -0.2) is 0 Å². The average molecular weight is 470 g/mol. The van der Waals surface area contributed by atoms with Crippen molar-refractivity contribution in [3.8, 4) is 22.6 Å². The number of halogens is 3. The van der Waals surface area contributed by atoms with Gasteiger partial charge in [-0.05, 0) is 73.5 Å². The van der Waals surface area contributed by atoms with Gasteiger partial charge in [-0.15, -0.1) is 13.2 Å². The van der Waals surface area contributed by atoms with Gasteiger partial charge in [0.25, 0.3) is 5.56 Å². The number of nitrogens with zero attached hydrogens (tertiary/aromatic N) is 2. The summed E-state index contributed by atoms with van der Waals surface area (Å²) < 4.78 is 42.4. The first-order chi connectivity index (χ1) is 16.3. The third kappa shape index (κ3) is 5.85. The van der Waals surface area contributed by atoms with E-state index in [1.807, 2.05) is 12.1 Å². The molecule has 0 amide bonds. The summed E-state index contributed by atoms with van der Waals surface area (Å²) in [7, 11) is 0. The molecule has 9 heteroatoms. The van der Waals surface area contributed by atoms with Gasteiger partial charge in [0.1, 0.15) is 5.75 Å². The van der Waals surface area contributed by atoms with Gasteiger partial charge >= 0.3 is 6.36 Å². The van der Waals surface area contributed by atoms with Crippen molar-refractivity contribution in [2.75, 3.05) is 31.5 Å². The first kappa shape index (κ1) is 23.6. The molecule has 0 atom stereocenters. The highest BCUT2D eigenvalue weighted by Gasteiger charge is 2.31. The molecular formula is C25H25F3N4O2. The van der Waals surface area contributed by atoms with E-state index in [2.05, 4.69) is 15.0 Å². The predicted molar refractivity (Wildman–Crippen MR) is 126 cm³/mol. The molecule has 2 N–H and O–H groups in total. The number of hydrogen-bond donors (Lipinski definition) is 2. The topological polar surface area (TPSA) is 70.3 Å². The number of rotatable bonds is 8. The fraction of sp³-hybridized carbons (Fsp3) is 0.280. The molecule has 1 aliphatic heterocycles. The Morgan fingerprint density at radius 1 is 1.00 bits per heavy atom. The molecular weight excluding hydrogens is 445 g/mol. The minimum absolute atomic E-state index is 0.293. The van der Waals surface area contributed by atoms with Crippen molar-refractivity contribution in [2.45, 2.75) is 19.2 Å². The maximum atomic E-state index is 12.8. The highest BCUT2D eigenvalue weighted by Crippen LogP contribution is 2.26. The molecule has 2 aromatic carbocycles. The van der Waals surface area contributed by atoms with E-state index in [9.17, 15) is 18.0 Å². The number of hydrogen-bond acceptors (Lipinski definition) is 5. The summed E-state index contributed by atoms with van der Waals surface area (Å²) in [5.41, 5.74) is 3.01. The zero-order chi connectivity index (χ0) is 24.1. The molecule has 4 rings (SSSR count). The third-order valence-corrected chi connectivity index (χ3v) is 5.75. The van der Waals surface area contributed by atoms with E-state index in [-0.39, 0.29) is 11.3 Å². The quantitative estimate of drug-likeness (QED) is 0.459. The zero-order valence-corrected chi connectivity index (χ0v) is 18.4. The average Bonchev–Trinajstić information content (AvgIpc) is 3.32. The molecule has 1 aromatic heterocycles. The molecule has 178 valence electrons. The number of likely N-dealkylation sites (tertiary alicyclic amines) is 1. The van der Waals surface area contributed by atoms with Crippen LogP contribution >= 0.6 is 0 Å². The van der Waals surface area contributed by atoms with Gasteiger partial charge in [0, 0.05) is 48.5 Å². The lowest BCUT2D eigenvalue weighted by atomic mass is 10.1. The Kier molecular flexibility index (Phi) is 7.02. The number of benzene rings is 2. The summed E-state index contributed by atoms with van der Waals surface area (Å²) in [5.74, 6) is -0.321. The van der Waals surface area contributed by atoms with Crippen LogP contribution in [0.3, 0.4) is 0 Å².